The summed E-state index contributed by atoms with van der Waals surface area (Å²) in [6.07, 6.45) is 1.96. The second-order valence-electron chi connectivity index (χ2n) is 4.24. The molecule has 0 spiro atoms. The Bertz CT molecular complexity index is 474. The van der Waals surface area contributed by atoms with E-state index in [2.05, 4.69) is 18.9 Å². The fourth-order valence-corrected chi connectivity index (χ4v) is 1.46. The van der Waals surface area contributed by atoms with Gasteiger partial charge in [-0.25, -0.2) is 0 Å². The first kappa shape index (κ1) is 11.5. The van der Waals surface area contributed by atoms with Crippen molar-refractivity contribution in [2.24, 2.45) is 0 Å². The number of nitrogen functional groups attached to an aromatic ring is 1. The van der Waals surface area contributed by atoms with E-state index in [9.17, 15) is 0 Å². The largest absolute Gasteiger partial charge is 0.487 e. The number of nitrogens with zero attached hydrogens (tertiary/aromatic N) is 2. The van der Waals surface area contributed by atoms with Crippen LogP contribution in [0, 0.1) is 0 Å². The zero-order valence-corrected chi connectivity index (χ0v) is 10.1. The summed E-state index contributed by atoms with van der Waals surface area (Å²) in [6.45, 7) is 4.67. The van der Waals surface area contributed by atoms with E-state index in [1.807, 2.05) is 41.2 Å². The van der Waals surface area contributed by atoms with Gasteiger partial charge in [0.15, 0.2) is 0 Å². The number of benzene rings is 1. The monoisotopic (exact) mass is 231 g/mol. The lowest BCUT2D eigenvalue weighted by Crippen LogP contribution is -2.03. The highest BCUT2D eigenvalue weighted by atomic mass is 16.5. The third-order valence-corrected chi connectivity index (χ3v) is 2.46. The predicted molar refractivity (Wildman–Crippen MR) is 67.8 cm³/mol. The van der Waals surface area contributed by atoms with E-state index in [1.165, 1.54) is 0 Å². The summed E-state index contributed by atoms with van der Waals surface area (Å²) >= 11 is 0. The Hall–Kier alpha value is -1.97. The molecule has 4 heteroatoms. The molecule has 1 heterocycles. The van der Waals surface area contributed by atoms with Gasteiger partial charge in [-0.15, -0.1) is 0 Å². The molecule has 2 rings (SSSR count). The smallest absolute Gasteiger partial charge is 0.132 e. The molecule has 1 aromatic carbocycles. The standard InChI is InChI=1S/C13H17N3O/c1-10(2)16-8-7-12(15-16)9-17-13-5-3-11(14)4-6-13/h3-8,10H,9,14H2,1-2H3. The van der Waals surface area contributed by atoms with Crippen LogP contribution in [0.15, 0.2) is 36.5 Å². The predicted octanol–water partition coefficient (Wildman–Crippen LogP) is 2.63. The molecule has 4 nitrogen and oxygen atoms in total. The maximum Gasteiger partial charge on any atom is 0.132 e. The number of hydrogen-bond donors (Lipinski definition) is 1. The summed E-state index contributed by atoms with van der Waals surface area (Å²) in [5.41, 5.74) is 7.26. The Morgan fingerprint density at radius 2 is 1.94 bits per heavy atom. The van der Waals surface area contributed by atoms with E-state index in [0.29, 0.717) is 12.6 Å². The highest BCUT2D eigenvalue weighted by Gasteiger charge is 2.02. The van der Waals surface area contributed by atoms with Crippen LogP contribution in [0.2, 0.25) is 0 Å². The third kappa shape index (κ3) is 3.00. The molecule has 0 radical (unpaired) electrons. The number of hydrogen-bond acceptors (Lipinski definition) is 3. The molecule has 0 saturated heterocycles. The molecule has 0 aliphatic rings. The van der Waals surface area contributed by atoms with Gasteiger partial charge < -0.3 is 10.5 Å². The molecule has 0 atom stereocenters. The van der Waals surface area contributed by atoms with E-state index in [1.54, 1.807) is 0 Å². The maximum absolute atomic E-state index is 5.61. The fraction of sp³-hybridized carbons (Fsp3) is 0.308. The number of rotatable bonds is 4. The van der Waals surface area contributed by atoms with Crippen molar-refractivity contribution in [2.45, 2.75) is 26.5 Å². The Kier molecular flexibility index (Phi) is 3.32. The van der Waals surface area contributed by atoms with Crippen LogP contribution in [0.1, 0.15) is 25.6 Å². The molecule has 2 aromatic rings. The molecule has 17 heavy (non-hydrogen) atoms. The minimum Gasteiger partial charge on any atom is -0.487 e. The number of aromatic nitrogens is 2. The van der Waals surface area contributed by atoms with Gasteiger partial charge >= 0.3 is 0 Å². The van der Waals surface area contributed by atoms with Crippen molar-refractivity contribution < 1.29 is 4.74 Å². The molecular weight excluding hydrogens is 214 g/mol. The van der Waals surface area contributed by atoms with E-state index in [4.69, 9.17) is 10.5 Å². The summed E-state index contributed by atoms with van der Waals surface area (Å²) < 4.78 is 7.53. The topological polar surface area (TPSA) is 53.1 Å². The molecule has 1 aromatic heterocycles. The quantitative estimate of drug-likeness (QED) is 0.823. The zero-order valence-electron chi connectivity index (χ0n) is 10.1. The van der Waals surface area contributed by atoms with Gasteiger partial charge in [-0.05, 0) is 44.2 Å². The number of ether oxygens (including phenoxy) is 1. The Balaban J connectivity index is 1.95. The van der Waals surface area contributed by atoms with Crippen LogP contribution in [-0.2, 0) is 6.61 Å². The van der Waals surface area contributed by atoms with Gasteiger partial charge in [-0.1, -0.05) is 0 Å². The van der Waals surface area contributed by atoms with Gasteiger partial charge in [0.25, 0.3) is 0 Å². The van der Waals surface area contributed by atoms with E-state index < -0.39 is 0 Å². The first-order valence-electron chi connectivity index (χ1n) is 5.67. The summed E-state index contributed by atoms with van der Waals surface area (Å²) in [5, 5.41) is 4.41. The van der Waals surface area contributed by atoms with E-state index in [-0.39, 0.29) is 0 Å². The van der Waals surface area contributed by atoms with Crippen molar-refractivity contribution in [2.75, 3.05) is 5.73 Å². The molecule has 0 saturated carbocycles. The lowest BCUT2D eigenvalue weighted by molar-refractivity contribution is 0.299. The van der Waals surface area contributed by atoms with E-state index >= 15 is 0 Å². The molecule has 0 aliphatic heterocycles. The molecule has 0 aliphatic carbocycles. The number of anilines is 1. The van der Waals surface area contributed by atoms with Gasteiger partial charge in [0.1, 0.15) is 12.4 Å². The highest BCUT2D eigenvalue weighted by molar-refractivity contribution is 5.41. The highest BCUT2D eigenvalue weighted by Crippen LogP contribution is 2.14. The van der Waals surface area contributed by atoms with Crippen LogP contribution in [0.25, 0.3) is 0 Å². The first-order chi connectivity index (χ1) is 8.15. The first-order valence-corrected chi connectivity index (χ1v) is 5.67. The Morgan fingerprint density at radius 3 is 2.53 bits per heavy atom. The van der Waals surface area contributed by atoms with Crippen molar-refractivity contribution in [3.05, 3.63) is 42.2 Å². The van der Waals surface area contributed by atoms with E-state index in [0.717, 1.165) is 17.1 Å². The van der Waals surface area contributed by atoms with Crippen LogP contribution in [0.3, 0.4) is 0 Å². The second-order valence-corrected chi connectivity index (χ2v) is 4.24. The summed E-state index contributed by atoms with van der Waals surface area (Å²) in [6, 6.07) is 9.70. The zero-order chi connectivity index (χ0) is 12.3. The van der Waals surface area contributed by atoms with Crippen molar-refractivity contribution in [1.82, 2.24) is 9.78 Å². The average molecular weight is 231 g/mol. The Labute approximate surface area is 101 Å². The molecule has 0 unspecified atom stereocenters. The maximum atomic E-state index is 5.61. The Morgan fingerprint density at radius 1 is 1.24 bits per heavy atom. The molecule has 90 valence electrons. The minimum absolute atomic E-state index is 0.375. The SMILES string of the molecule is CC(C)n1ccc(COc2ccc(N)cc2)n1. The summed E-state index contributed by atoms with van der Waals surface area (Å²) in [4.78, 5) is 0. The van der Waals surface area contributed by atoms with Crippen LogP contribution < -0.4 is 10.5 Å². The minimum atomic E-state index is 0.375. The van der Waals surface area contributed by atoms with Gasteiger partial charge in [0.05, 0.1) is 5.69 Å². The van der Waals surface area contributed by atoms with Gasteiger partial charge in [-0.3, -0.25) is 4.68 Å². The van der Waals surface area contributed by atoms with Crippen LogP contribution in [0.5, 0.6) is 5.75 Å². The molecule has 2 N–H and O–H groups in total. The van der Waals surface area contributed by atoms with Gasteiger partial charge in [0.2, 0.25) is 0 Å². The summed E-state index contributed by atoms with van der Waals surface area (Å²) in [5.74, 6) is 0.804. The molecule has 0 bridgehead atoms. The lowest BCUT2D eigenvalue weighted by Gasteiger charge is -2.05. The summed E-state index contributed by atoms with van der Waals surface area (Å²) in [7, 11) is 0. The van der Waals surface area contributed by atoms with Crippen molar-refractivity contribution in [3.63, 3.8) is 0 Å². The van der Waals surface area contributed by atoms with Crippen molar-refractivity contribution >= 4 is 5.69 Å². The molecular formula is C13H17N3O. The van der Waals surface area contributed by atoms with Gasteiger partial charge in [0, 0.05) is 17.9 Å². The van der Waals surface area contributed by atoms with Crippen LogP contribution >= 0.6 is 0 Å². The van der Waals surface area contributed by atoms with Crippen molar-refractivity contribution in [3.8, 4) is 5.75 Å². The average Bonchev–Trinajstić information content (AvgIpc) is 2.77. The second kappa shape index (κ2) is 4.91. The third-order valence-electron chi connectivity index (χ3n) is 2.46. The molecule has 0 amide bonds. The van der Waals surface area contributed by atoms with Gasteiger partial charge in [-0.2, -0.15) is 5.10 Å². The lowest BCUT2D eigenvalue weighted by atomic mass is 10.3. The van der Waals surface area contributed by atoms with Crippen LogP contribution in [0.4, 0.5) is 5.69 Å². The molecule has 0 fully saturated rings. The normalized spacial score (nSPS) is 10.8. The van der Waals surface area contributed by atoms with Crippen molar-refractivity contribution in [1.29, 1.82) is 0 Å². The number of nitrogens with two attached hydrogens (primary N) is 1. The van der Waals surface area contributed by atoms with Crippen LogP contribution in [-0.4, -0.2) is 9.78 Å². The fourth-order valence-electron chi connectivity index (χ4n) is 1.46.